The first kappa shape index (κ1) is 11.1. The SMILES string of the molecule is C=Cc1ccc(COCC2CO2)c(C=C)c1. The largest absolute Gasteiger partial charge is 0.374 e. The molecule has 2 rings (SSSR count). The molecule has 2 heteroatoms. The minimum Gasteiger partial charge on any atom is -0.374 e. The van der Waals surface area contributed by atoms with Crippen molar-refractivity contribution in [3.63, 3.8) is 0 Å². The van der Waals surface area contributed by atoms with Gasteiger partial charge in [-0.15, -0.1) is 0 Å². The quantitative estimate of drug-likeness (QED) is 0.682. The summed E-state index contributed by atoms with van der Waals surface area (Å²) < 4.78 is 10.6. The van der Waals surface area contributed by atoms with Gasteiger partial charge in [0, 0.05) is 0 Å². The van der Waals surface area contributed by atoms with Crippen molar-refractivity contribution in [2.45, 2.75) is 12.7 Å². The van der Waals surface area contributed by atoms with Crippen LogP contribution in [0.2, 0.25) is 0 Å². The van der Waals surface area contributed by atoms with Crippen molar-refractivity contribution in [3.05, 3.63) is 48.0 Å². The predicted octanol–water partition coefficient (Wildman–Crippen LogP) is 2.89. The second kappa shape index (κ2) is 5.10. The van der Waals surface area contributed by atoms with E-state index in [4.69, 9.17) is 9.47 Å². The lowest BCUT2D eigenvalue weighted by Crippen LogP contribution is -2.02. The van der Waals surface area contributed by atoms with Crippen molar-refractivity contribution in [2.24, 2.45) is 0 Å². The van der Waals surface area contributed by atoms with Gasteiger partial charge in [-0.25, -0.2) is 0 Å². The third-order valence-electron chi connectivity index (χ3n) is 2.59. The van der Waals surface area contributed by atoms with E-state index in [1.807, 2.05) is 18.2 Å². The Bertz CT molecular complexity index is 392. The fourth-order valence-electron chi connectivity index (χ4n) is 1.53. The fourth-order valence-corrected chi connectivity index (χ4v) is 1.53. The highest BCUT2D eigenvalue weighted by molar-refractivity contribution is 5.59. The van der Waals surface area contributed by atoms with Crippen molar-refractivity contribution in [3.8, 4) is 0 Å². The molecule has 1 unspecified atom stereocenters. The highest BCUT2D eigenvalue weighted by atomic mass is 16.6. The van der Waals surface area contributed by atoms with Gasteiger partial charge >= 0.3 is 0 Å². The first-order valence-electron chi connectivity index (χ1n) is 5.40. The van der Waals surface area contributed by atoms with Gasteiger partial charge in [0.2, 0.25) is 0 Å². The fraction of sp³-hybridized carbons (Fsp3) is 0.286. The number of hydrogen-bond donors (Lipinski definition) is 0. The third kappa shape index (κ3) is 2.81. The zero-order chi connectivity index (χ0) is 11.4. The van der Waals surface area contributed by atoms with Crippen LogP contribution in [0.5, 0.6) is 0 Å². The van der Waals surface area contributed by atoms with E-state index in [1.54, 1.807) is 0 Å². The van der Waals surface area contributed by atoms with Crippen LogP contribution in [0.15, 0.2) is 31.4 Å². The van der Waals surface area contributed by atoms with Crippen molar-refractivity contribution in [1.82, 2.24) is 0 Å². The van der Waals surface area contributed by atoms with Crippen LogP contribution in [0, 0.1) is 0 Å². The molecule has 0 spiro atoms. The van der Waals surface area contributed by atoms with Crippen molar-refractivity contribution in [1.29, 1.82) is 0 Å². The molecule has 0 amide bonds. The lowest BCUT2D eigenvalue weighted by Gasteiger charge is -2.07. The molecule has 0 aromatic heterocycles. The molecule has 1 aromatic carbocycles. The maximum absolute atomic E-state index is 5.56. The minimum absolute atomic E-state index is 0.319. The molecule has 1 aromatic rings. The monoisotopic (exact) mass is 216 g/mol. The summed E-state index contributed by atoms with van der Waals surface area (Å²) >= 11 is 0. The molecule has 0 bridgehead atoms. The smallest absolute Gasteiger partial charge is 0.104 e. The first-order chi connectivity index (χ1) is 7.83. The molecule has 0 saturated carbocycles. The van der Waals surface area contributed by atoms with Crippen LogP contribution in [-0.2, 0) is 16.1 Å². The summed E-state index contributed by atoms with van der Waals surface area (Å²) in [6.45, 7) is 9.68. The highest BCUT2D eigenvalue weighted by Crippen LogP contribution is 2.16. The van der Waals surface area contributed by atoms with E-state index in [-0.39, 0.29) is 0 Å². The number of hydrogen-bond acceptors (Lipinski definition) is 2. The molecular formula is C14H16O2. The molecule has 1 saturated heterocycles. The average molecular weight is 216 g/mol. The zero-order valence-electron chi connectivity index (χ0n) is 9.32. The predicted molar refractivity (Wildman–Crippen MR) is 66.0 cm³/mol. The molecule has 84 valence electrons. The van der Waals surface area contributed by atoms with Gasteiger partial charge < -0.3 is 9.47 Å². The van der Waals surface area contributed by atoms with Crippen molar-refractivity contribution >= 4 is 12.2 Å². The third-order valence-corrected chi connectivity index (χ3v) is 2.59. The summed E-state index contributed by atoms with van der Waals surface area (Å²) in [4.78, 5) is 0. The Morgan fingerprint density at radius 1 is 1.38 bits per heavy atom. The molecule has 1 aliphatic rings. The Kier molecular flexibility index (Phi) is 3.54. The normalized spacial score (nSPS) is 18.1. The summed E-state index contributed by atoms with van der Waals surface area (Å²) in [6, 6.07) is 6.15. The molecule has 16 heavy (non-hydrogen) atoms. The molecule has 0 N–H and O–H groups in total. The summed E-state index contributed by atoms with van der Waals surface area (Å²) in [5.74, 6) is 0. The Hall–Kier alpha value is -1.38. The van der Waals surface area contributed by atoms with Crippen LogP contribution in [0.25, 0.3) is 12.2 Å². The Morgan fingerprint density at radius 2 is 2.19 bits per heavy atom. The topological polar surface area (TPSA) is 21.8 Å². The number of epoxide rings is 1. The van der Waals surface area contributed by atoms with E-state index >= 15 is 0 Å². The van der Waals surface area contributed by atoms with E-state index in [0.29, 0.717) is 19.3 Å². The van der Waals surface area contributed by atoms with Crippen LogP contribution in [-0.4, -0.2) is 19.3 Å². The van der Waals surface area contributed by atoms with E-state index < -0.39 is 0 Å². The van der Waals surface area contributed by atoms with Crippen LogP contribution in [0.1, 0.15) is 16.7 Å². The van der Waals surface area contributed by atoms with Crippen LogP contribution < -0.4 is 0 Å². The van der Waals surface area contributed by atoms with Gasteiger partial charge in [0.1, 0.15) is 6.10 Å². The maximum atomic E-state index is 5.56. The zero-order valence-corrected chi connectivity index (χ0v) is 9.32. The molecule has 0 radical (unpaired) electrons. The standard InChI is InChI=1S/C14H16O2/c1-3-11-5-6-13(12(4-2)7-11)8-15-9-14-10-16-14/h3-7,14H,1-2,8-10H2. The molecule has 1 heterocycles. The second-order valence-corrected chi connectivity index (χ2v) is 3.84. The van der Waals surface area contributed by atoms with Gasteiger partial charge in [-0.1, -0.05) is 37.4 Å². The Balaban J connectivity index is 2.00. The van der Waals surface area contributed by atoms with Crippen LogP contribution in [0.3, 0.4) is 0 Å². The van der Waals surface area contributed by atoms with Gasteiger partial charge in [0.05, 0.1) is 19.8 Å². The van der Waals surface area contributed by atoms with E-state index in [0.717, 1.165) is 23.3 Å². The van der Waals surface area contributed by atoms with Crippen LogP contribution in [0.4, 0.5) is 0 Å². The van der Waals surface area contributed by atoms with Crippen molar-refractivity contribution < 1.29 is 9.47 Å². The highest BCUT2D eigenvalue weighted by Gasteiger charge is 2.22. The summed E-state index contributed by atoms with van der Waals surface area (Å²) in [5.41, 5.74) is 3.36. The van der Waals surface area contributed by atoms with E-state index in [9.17, 15) is 0 Å². The number of rotatable bonds is 6. The van der Waals surface area contributed by atoms with E-state index in [1.165, 1.54) is 0 Å². The number of ether oxygens (including phenoxy) is 2. The van der Waals surface area contributed by atoms with E-state index in [2.05, 4.69) is 25.3 Å². The second-order valence-electron chi connectivity index (χ2n) is 3.84. The lowest BCUT2D eigenvalue weighted by atomic mass is 10.0. The average Bonchev–Trinajstić information content (AvgIpc) is 3.13. The molecule has 2 nitrogen and oxygen atoms in total. The van der Waals surface area contributed by atoms with Crippen LogP contribution >= 0.6 is 0 Å². The summed E-state index contributed by atoms with van der Waals surface area (Å²) in [5, 5.41) is 0. The Labute approximate surface area is 96.2 Å². The Morgan fingerprint density at radius 3 is 2.81 bits per heavy atom. The van der Waals surface area contributed by atoms with Crippen molar-refractivity contribution in [2.75, 3.05) is 13.2 Å². The first-order valence-corrected chi connectivity index (χ1v) is 5.40. The van der Waals surface area contributed by atoms with Gasteiger partial charge in [-0.2, -0.15) is 0 Å². The lowest BCUT2D eigenvalue weighted by molar-refractivity contribution is 0.104. The van der Waals surface area contributed by atoms with Gasteiger partial charge in [-0.3, -0.25) is 0 Å². The molecule has 0 aliphatic carbocycles. The molecule has 1 fully saturated rings. The maximum Gasteiger partial charge on any atom is 0.104 e. The molecule has 1 atom stereocenters. The van der Waals surface area contributed by atoms with Gasteiger partial charge in [-0.05, 0) is 22.8 Å². The van der Waals surface area contributed by atoms with Gasteiger partial charge in [0.15, 0.2) is 0 Å². The molecule has 1 aliphatic heterocycles. The minimum atomic E-state index is 0.319. The summed E-state index contributed by atoms with van der Waals surface area (Å²) in [7, 11) is 0. The van der Waals surface area contributed by atoms with Gasteiger partial charge in [0.25, 0.3) is 0 Å². The number of benzene rings is 1. The summed E-state index contributed by atoms with van der Waals surface area (Å²) in [6.07, 6.45) is 3.99. The molecular weight excluding hydrogens is 200 g/mol.